The summed E-state index contributed by atoms with van der Waals surface area (Å²) in [5, 5.41) is 0. The van der Waals surface area contributed by atoms with Crippen molar-refractivity contribution in [1.29, 1.82) is 0 Å². The standard InChI is InChI=1S/C15H22BrNO/c1-3-4-5-6-7-15(18)17(2)12-13-8-10-14(16)11-9-13/h8-11H,3-7,12H2,1-2H3. The van der Waals surface area contributed by atoms with Crippen molar-refractivity contribution in [2.75, 3.05) is 7.05 Å². The van der Waals surface area contributed by atoms with Crippen molar-refractivity contribution >= 4 is 21.8 Å². The molecule has 1 rings (SSSR count). The molecular weight excluding hydrogens is 290 g/mol. The molecule has 1 amide bonds. The molecule has 0 atom stereocenters. The Morgan fingerprint density at radius 1 is 1.17 bits per heavy atom. The van der Waals surface area contributed by atoms with Crippen LogP contribution < -0.4 is 0 Å². The zero-order chi connectivity index (χ0) is 13.4. The molecule has 18 heavy (non-hydrogen) atoms. The second-order valence-electron chi connectivity index (χ2n) is 4.69. The first-order valence-electron chi connectivity index (χ1n) is 6.62. The van der Waals surface area contributed by atoms with Crippen LogP contribution in [0.15, 0.2) is 28.7 Å². The van der Waals surface area contributed by atoms with Crippen LogP contribution in [0.2, 0.25) is 0 Å². The lowest BCUT2D eigenvalue weighted by atomic mass is 10.1. The molecule has 0 fully saturated rings. The fraction of sp³-hybridized carbons (Fsp3) is 0.533. The molecule has 0 aliphatic rings. The molecule has 2 nitrogen and oxygen atoms in total. The molecule has 0 aliphatic heterocycles. The molecular formula is C15H22BrNO. The van der Waals surface area contributed by atoms with Crippen molar-refractivity contribution in [1.82, 2.24) is 4.90 Å². The van der Waals surface area contributed by atoms with E-state index in [4.69, 9.17) is 0 Å². The van der Waals surface area contributed by atoms with Gasteiger partial charge in [0.15, 0.2) is 0 Å². The zero-order valence-electron chi connectivity index (χ0n) is 11.3. The lowest BCUT2D eigenvalue weighted by Crippen LogP contribution is -2.25. The minimum atomic E-state index is 0.244. The predicted octanol–water partition coefficient (Wildman–Crippen LogP) is 4.38. The molecule has 0 radical (unpaired) electrons. The number of rotatable bonds is 7. The van der Waals surface area contributed by atoms with Gasteiger partial charge >= 0.3 is 0 Å². The third-order valence-corrected chi connectivity index (χ3v) is 3.53. The summed E-state index contributed by atoms with van der Waals surface area (Å²) in [4.78, 5) is 13.7. The van der Waals surface area contributed by atoms with Gasteiger partial charge in [0.2, 0.25) is 5.91 Å². The van der Waals surface area contributed by atoms with Crippen molar-refractivity contribution in [3.05, 3.63) is 34.3 Å². The average Bonchev–Trinajstić information content (AvgIpc) is 2.37. The molecule has 0 unspecified atom stereocenters. The van der Waals surface area contributed by atoms with Crippen LogP contribution in [0.4, 0.5) is 0 Å². The van der Waals surface area contributed by atoms with Gasteiger partial charge in [-0.15, -0.1) is 0 Å². The summed E-state index contributed by atoms with van der Waals surface area (Å²) in [5.41, 5.74) is 1.17. The first kappa shape index (κ1) is 15.2. The van der Waals surface area contributed by atoms with E-state index in [-0.39, 0.29) is 5.91 Å². The molecule has 1 aromatic carbocycles. The molecule has 0 N–H and O–H groups in total. The minimum absolute atomic E-state index is 0.244. The second-order valence-corrected chi connectivity index (χ2v) is 5.60. The summed E-state index contributed by atoms with van der Waals surface area (Å²) in [6.07, 6.45) is 5.28. The van der Waals surface area contributed by atoms with E-state index in [1.54, 1.807) is 0 Å². The minimum Gasteiger partial charge on any atom is -0.341 e. The zero-order valence-corrected chi connectivity index (χ0v) is 12.9. The molecule has 1 aromatic rings. The molecule has 0 aromatic heterocycles. The Balaban J connectivity index is 2.33. The van der Waals surface area contributed by atoms with E-state index < -0.39 is 0 Å². The number of hydrogen-bond acceptors (Lipinski definition) is 1. The summed E-state index contributed by atoms with van der Waals surface area (Å²) in [6, 6.07) is 8.11. The van der Waals surface area contributed by atoms with Crippen LogP contribution in [0, 0.1) is 0 Å². The van der Waals surface area contributed by atoms with Crippen molar-refractivity contribution in [3.63, 3.8) is 0 Å². The van der Waals surface area contributed by atoms with Gasteiger partial charge in [0.25, 0.3) is 0 Å². The van der Waals surface area contributed by atoms with E-state index >= 15 is 0 Å². The van der Waals surface area contributed by atoms with Gasteiger partial charge in [-0.3, -0.25) is 4.79 Å². The van der Waals surface area contributed by atoms with Gasteiger partial charge in [-0.1, -0.05) is 54.2 Å². The summed E-state index contributed by atoms with van der Waals surface area (Å²) in [7, 11) is 1.88. The van der Waals surface area contributed by atoms with E-state index in [2.05, 4.69) is 22.9 Å². The summed E-state index contributed by atoms with van der Waals surface area (Å²) in [6.45, 7) is 2.88. The van der Waals surface area contributed by atoms with Gasteiger partial charge < -0.3 is 4.90 Å². The van der Waals surface area contributed by atoms with Gasteiger partial charge in [-0.25, -0.2) is 0 Å². The SMILES string of the molecule is CCCCCCC(=O)N(C)Cc1ccc(Br)cc1. The van der Waals surface area contributed by atoms with Gasteiger partial charge in [-0.2, -0.15) is 0 Å². The van der Waals surface area contributed by atoms with E-state index in [0.29, 0.717) is 13.0 Å². The molecule has 0 heterocycles. The van der Waals surface area contributed by atoms with E-state index in [1.165, 1.54) is 18.4 Å². The van der Waals surface area contributed by atoms with Crippen LogP contribution in [-0.2, 0) is 11.3 Å². The highest BCUT2D eigenvalue weighted by Crippen LogP contribution is 2.12. The second kappa shape index (κ2) is 8.30. The van der Waals surface area contributed by atoms with Gasteiger partial charge in [0, 0.05) is 24.5 Å². The van der Waals surface area contributed by atoms with E-state index in [1.807, 2.05) is 36.2 Å². The average molecular weight is 312 g/mol. The van der Waals surface area contributed by atoms with Crippen molar-refractivity contribution in [2.45, 2.75) is 45.6 Å². The van der Waals surface area contributed by atoms with Crippen LogP contribution in [-0.4, -0.2) is 17.9 Å². The Morgan fingerprint density at radius 3 is 2.44 bits per heavy atom. The van der Waals surface area contributed by atoms with Crippen molar-refractivity contribution < 1.29 is 4.79 Å². The summed E-state index contributed by atoms with van der Waals surface area (Å²) >= 11 is 3.41. The maximum absolute atomic E-state index is 11.9. The maximum Gasteiger partial charge on any atom is 0.222 e. The van der Waals surface area contributed by atoms with Crippen LogP contribution in [0.5, 0.6) is 0 Å². The molecule has 0 spiro atoms. The van der Waals surface area contributed by atoms with Crippen LogP contribution >= 0.6 is 15.9 Å². The third kappa shape index (κ3) is 5.67. The fourth-order valence-electron chi connectivity index (χ4n) is 1.85. The quantitative estimate of drug-likeness (QED) is 0.684. The number of halogens is 1. The number of amides is 1. The van der Waals surface area contributed by atoms with E-state index in [9.17, 15) is 4.79 Å². The first-order chi connectivity index (χ1) is 8.63. The molecule has 0 bridgehead atoms. The largest absolute Gasteiger partial charge is 0.341 e. The maximum atomic E-state index is 11.9. The normalized spacial score (nSPS) is 10.4. The topological polar surface area (TPSA) is 20.3 Å². The monoisotopic (exact) mass is 311 g/mol. The van der Waals surface area contributed by atoms with Crippen molar-refractivity contribution in [3.8, 4) is 0 Å². The lowest BCUT2D eigenvalue weighted by Gasteiger charge is -2.17. The molecule has 100 valence electrons. The Bertz CT molecular complexity index is 361. The van der Waals surface area contributed by atoms with Gasteiger partial charge in [0.05, 0.1) is 0 Å². The number of carbonyl (C=O) groups excluding carboxylic acids is 1. The van der Waals surface area contributed by atoms with Crippen LogP contribution in [0.25, 0.3) is 0 Å². The van der Waals surface area contributed by atoms with E-state index in [0.717, 1.165) is 17.3 Å². The predicted molar refractivity (Wildman–Crippen MR) is 79.4 cm³/mol. The Kier molecular flexibility index (Phi) is 7.02. The highest BCUT2D eigenvalue weighted by Gasteiger charge is 2.08. The number of nitrogens with zero attached hydrogens (tertiary/aromatic N) is 1. The van der Waals surface area contributed by atoms with Crippen molar-refractivity contribution in [2.24, 2.45) is 0 Å². The van der Waals surface area contributed by atoms with Crippen LogP contribution in [0.3, 0.4) is 0 Å². The first-order valence-corrected chi connectivity index (χ1v) is 7.41. The number of unbranched alkanes of at least 4 members (excludes halogenated alkanes) is 3. The number of hydrogen-bond donors (Lipinski definition) is 0. The Labute approximate surface area is 119 Å². The van der Waals surface area contributed by atoms with Gasteiger partial charge in [-0.05, 0) is 24.1 Å². The Hall–Kier alpha value is -0.830. The number of benzene rings is 1. The summed E-state index contributed by atoms with van der Waals surface area (Å²) < 4.78 is 1.07. The third-order valence-electron chi connectivity index (χ3n) is 3.00. The highest BCUT2D eigenvalue weighted by atomic mass is 79.9. The smallest absolute Gasteiger partial charge is 0.222 e. The fourth-order valence-corrected chi connectivity index (χ4v) is 2.11. The van der Waals surface area contributed by atoms with Crippen LogP contribution in [0.1, 0.15) is 44.6 Å². The number of carbonyl (C=O) groups is 1. The molecule has 3 heteroatoms. The lowest BCUT2D eigenvalue weighted by molar-refractivity contribution is -0.130. The Morgan fingerprint density at radius 2 is 1.83 bits per heavy atom. The molecule has 0 saturated carbocycles. The molecule has 0 aliphatic carbocycles. The highest BCUT2D eigenvalue weighted by molar-refractivity contribution is 9.10. The van der Waals surface area contributed by atoms with Gasteiger partial charge in [0.1, 0.15) is 0 Å². The summed E-state index contributed by atoms with van der Waals surface area (Å²) in [5.74, 6) is 0.244. The molecule has 0 saturated heterocycles.